The van der Waals surface area contributed by atoms with E-state index in [4.69, 9.17) is 4.74 Å². The molecule has 1 atom stereocenters. The quantitative estimate of drug-likeness (QED) is 0.493. The average molecular weight is 429 g/mol. The summed E-state index contributed by atoms with van der Waals surface area (Å²) in [4.78, 5) is 38.5. The first-order chi connectivity index (χ1) is 14.9. The van der Waals surface area contributed by atoms with Crippen LogP contribution in [0, 0.1) is 17.0 Å². The van der Waals surface area contributed by atoms with Crippen molar-refractivity contribution in [1.29, 1.82) is 0 Å². The lowest BCUT2D eigenvalue weighted by atomic mass is 9.96. The zero-order chi connectivity index (χ0) is 22.1. The fraction of sp³-hybridized carbons (Fsp3) is 0.571. The first kappa shape index (κ1) is 21.2. The van der Waals surface area contributed by atoms with Crippen LogP contribution >= 0.6 is 0 Å². The van der Waals surface area contributed by atoms with E-state index in [2.05, 4.69) is 5.10 Å². The van der Waals surface area contributed by atoms with Crippen molar-refractivity contribution in [2.75, 3.05) is 26.8 Å². The number of likely N-dealkylation sites (tertiary alicyclic amines) is 1. The van der Waals surface area contributed by atoms with Crippen molar-refractivity contribution < 1.29 is 14.5 Å². The molecule has 1 unspecified atom stereocenters. The molecular formula is C21H27N5O5. The molecule has 0 spiro atoms. The van der Waals surface area contributed by atoms with Crippen molar-refractivity contribution in [2.24, 2.45) is 0 Å². The summed E-state index contributed by atoms with van der Waals surface area (Å²) < 4.78 is 8.35. The minimum absolute atomic E-state index is 0.0461. The minimum atomic E-state index is -0.466. The van der Waals surface area contributed by atoms with E-state index in [9.17, 15) is 19.7 Å². The predicted molar refractivity (Wildman–Crippen MR) is 112 cm³/mol. The monoisotopic (exact) mass is 429 g/mol. The summed E-state index contributed by atoms with van der Waals surface area (Å²) in [5.41, 5.74) is 0.655. The van der Waals surface area contributed by atoms with Gasteiger partial charge in [-0.1, -0.05) is 6.07 Å². The van der Waals surface area contributed by atoms with Gasteiger partial charge in [0, 0.05) is 49.4 Å². The molecule has 4 rings (SSSR count). The standard InChI is InChI=1S/C21H27N5O5/c1-14-5-6-15(12-18(14)26(29)30)20(27)23-9-3-4-16(13-23)19-22-24(10-11-31-2)21(28)25(19)17-7-8-17/h5-6,12,16-17H,3-4,7-11,13H2,1-2H3. The zero-order valence-electron chi connectivity index (χ0n) is 17.8. The second-order valence-corrected chi connectivity index (χ2v) is 8.31. The van der Waals surface area contributed by atoms with Crippen LogP contribution < -0.4 is 5.69 Å². The normalized spacial score (nSPS) is 18.9. The summed E-state index contributed by atoms with van der Waals surface area (Å²) >= 11 is 0. The summed E-state index contributed by atoms with van der Waals surface area (Å²) in [5.74, 6) is 0.457. The fourth-order valence-electron chi connectivity index (χ4n) is 4.21. The molecule has 31 heavy (non-hydrogen) atoms. The van der Waals surface area contributed by atoms with Crippen LogP contribution in [0.3, 0.4) is 0 Å². The number of carbonyl (C=O) groups is 1. The molecule has 0 radical (unpaired) electrons. The maximum atomic E-state index is 13.1. The van der Waals surface area contributed by atoms with E-state index < -0.39 is 4.92 Å². The van der Waals surface area contributed by atoms with E-state index in [1.165, 1.54) is 10.7 Å². The van der Waals surface area contributed by atoms with Crippen molar-refractivity contribution in [1.82, 2.24) is 19.2 Å². The van der Waals surface area contributed by atoms with E-state index in [1.54, 1.807) is 35.6 Å². The number of nitrogens with zero attached hydrogens (tertiary/aromatic N) is 5. The van der Waals surface area contributed by atoms with Gasteiger partial charge < -0.3 is 9.64 Å². The van der Waals surface area contributed by atoms with Crippen LogP contribution in [0.5, 0.6) is 0 Å². The lowest BCUT2D eigenvalue weighted by Crippen LogP contribution is -2.40. The fourth-order valence-corrected chi connectivity index (χ4v) is 4.21. The molecule has 2 aliphatic rings. The second-order valence-electron chi connectivity index (χ2n) is 8.31. The van der Waals surface area contributed by atoms with Gasteiger partial charge >= 0.3 is 5.69 Å². The molecule has 0 N–H and O–H groups in total. The molecule has 1 aliphatic carbocycles. The van der Waals surface area contributed by atoms with Crippen LogP contribution in [0.25, 0.3) is 0 Å². The Bertz CT molecular complexity index is 1050. The predicted octanol–water partition coefficient (Wildman–Crippen LogP) is 2.26. The molecule has 0 bridgehead atoms. The Morgan fingerprint density at radius 3 is 2.77 bits per heavy atom. The highest BCUT2D eigenvalue weighted by atomic mass is 16.6. The number of amides is 1. The Morgan fingerprint density at radius 2 is 2.10 bits per heavy atom. The minimum Gasteiger partial charge on any atom is -0.383 e. The number of nitro benzene ring substituents is 1. The van der Waals surface area contributed by atoms with Gasteiger partial charge in [0.25, 0.3) is 11.6 Å². The molecule has 1 saturated heterocycles. The van der Waals surface area contributed by atoms with Crippen LogP contribution in [-0.4, -0.2) is 56.9 Å². The highest BCUT2D eigenvalue weighted by Gasteiger charge is 2.35. The lowest BCUT2D eigenvalue weighted by molar-refractivity contribution is -0.385. The van der Waals surface area contributed by atoms with Gasteiger partial charge in [-0.05, 0) is 38.7 Å². The van der Waals surface area contributed by atoms with Crippen LogP contribution in [-0.2, 0) is 11.3 Å². The number of hydrogen-bond acceptors (Lipinski definition) is 6. The number of nitro groups is 1. The number of methoxy groups -OCH3 is 1. The molecule has 1 aromatic carbocycles. The number of aromatic nitrogens is 3. The van der Waals surface area contributed by atoms with Crippen molar-refractivity contribution in [3.05, 3.63) is 55.7 Å². The van der Waals surface area contributed by atoms with E-state index in [0.717, 1.165) is 31.5 Å². The first-order valence-electron chi connectivity index (χ1n) is 10.6. The number of benzene rings is 1. The number of rotatable bonds is 7. The molecular weight excluding hydrogens is 402 g/mol. The Morgan fingerprint density at radius 1 is 1.32 bits per heavy atom. The number of carbonyl (C=O) groups excluding carboxylic acids is 1. The lowest BCUT2D eigenvalue weighted by Gasteiger charge is -2.32. The first-order valence-corrected chi connectivity index (χ1v) is 10.6. The molecule has 1 aliphatic heterocycles. The third kappa shape index (κ3) is 4.25. The summed E-state index contributed by atoms with van der Waals surface area (Å²) in [6.07, 6.45) is 3.55. The van der Waals surface area contributed by atoms with Gasteiger partial charge in [0.05, 0.1) is 18.1 Å². The van der Waals surface area contributed by atoms with Gasteiger partial charge in [-0.25, -0.2) is 9.48 Å². The van der Waals surface area contributed by atoms with E-state index in [0.29, 0.717) is 37.4 Å². The molecule has 10 nitrogen and oxygen atoms in total. The Labute approximate surface area is 179 Å². The van der Waals surface area contributed by atoms with Gasteiger partial charge in [-0.15, -0.1) is 0 Å². The SMILES string of the molecule is COCCn1nc(C2CCCN(C(=O)c3ccc(C)c([N+](=O)[O-])c3)C2)n(C2CC2)c1=O. The maximum absolute atomic E-state index is 13.1. The summed E-state index contributed by atoms with van der Waals surface area (Å²) in [5, 5.41) is 15.9. The maximum Gasteiger partial charge on any atom is 0.346 e. The van der Waals surface area contributed by atoms with Crippen LogP contribution in [0.2, 0.25) is 0 Å². The van der Waals surface area contributed by atoms with Gasteiger partial charge in [-0.2, -0.15) is 5.10 Å². The number of piperidine rings is 1. The molecule has 10 heteroatoms. The smallest absolute Gasteiger partial charge is 0.346 e. The topological polar surface area (TPSA) is 112 Å². The molecule has 2 heterocycles. The van der Waals surface area contributed by atoms with Crippen LogP contribution in [0.4, 0.5) is 5.69 Å². The van der Waals surface area contributed by atoms with Crippen molar-refractivity contribution in [3.8, 4) is 0 Å². The average Bonchev–Trinajstić information content (AvgIpc) is 3.55. The number of hydrogen-bond donors (Lipinski definition) is 0. The van der Waals surface area contributed by atoms with Gasteiger partial charge in [-0.3, -0.25) is 19.5 Å². The molecule has 2 fully saturated rings. The van der Waals surface area contributed by atoms with Crippen LogP contribution in [0.1, 0.15) is 59.4 Å². The van der Waals surface area contributed by atoms with Gasteiger partial charge in [0.15, 0.2) is 0 Å². The third-order valence-corrected chi connectivity index (χ3v) is 6.04. The molecule has 2 aromatic rings. The Kier molecular flexibility index (Phi) is 5.90. The third-order valence-electron chi connectivity index (χ3n) is 6.04. The van der Waals surface area contributed by atoms with E-state index in [1.807, 2.05) is 0 Å². The van der Waals surface area contributed by atoms with Crippen LogP contribution in [0.15, 0.2) is 23.0 Å². The van der Waals surface area contributed by atoms with E-state index in [-0.39, 0.29) is 29.2 Å². The Balaban J connectivity index is 1.58. The largest absolute Gasteiger partial charge is 0.383 e. The van der Waals surface area contributed by atoms with Gasteiger partial charge in [0.2, 0.25) is 0 Å². The highest BCUT2D eigenvalue weighted by Crippen LogP contribution is 2.37. The zero-order valence-corrected chi connectivity index (χ0v) is 17.8. The van der Waals surface area contributed by atoms with E-state index >= 15 is 0 Å². The highest BCUT2D eigenvalue weighted by molar-refractivity contribution is 5.95. The second kappa shape index (κ2) is 8.62. The summed E-state index contributed by atoms with van der Waals surface area (Å²) in [6, 6.07) is 4.77. The van der Waals surface area contributed by atoms with Crippen molar-refractivity contribution >= 4 is 11.6 Å². The molecule has 166 valence electrons. The molecule has 1 aromatic heterocycles. The number of aryl methyl sites for hydroxylation is 1. The van der Waals surface area contributed by atoms with Crippen molar-refractivity contribution in [3.63, 3.8) is 0 Å². The summed E-state index contributed by atoms with van der Waals surface area (Å²) in [7, 11) is 1.59. The molecule has 1 saturated carbocycles. The molecule has 1 amide bonds. The van der Waals surface area contributed by atoms with Crippen molar-refractivity contribution in [2.45, 2.75) is 51.1 Å². The summed E-state index contributed by atoms with van der Waals surface area (Å²) in [6.45, 7) is 3.47. The van der Waals surface area contributed by atoms with Gasteiger partial charge in [0.1, 0.15) is 5.82 Å². The Hall–Kier alpha value is -3.01. The number of ether oxygens (including phenoxy) is 1.